The van der Waals surface area contributed by atoms with Crippen molar-refractivity contribution in [3.8, 4) is 0 Å². The SMILES string of the molecule is CC1CN(C(=O)CCn2ccnc2)CCC1O. The van der Waals surface area contributed by atoms with E-state index in [0.717, 1.165) is 0 Å². The molecule has 1 saturated heterocycles. The molecule has 1 N–H and O–H groups in total. The number of hydrogen-bond acceptors (Lipinski definition) is 3. The average Bonchev–Trinajstić information content (AvgIpc) is 2.82. The maximum absolute atomic E-state index is 12.0. The molecular formula is C12H19N3O2. The maximum atomic E-state index is 12.0. The Bertz CT molecular complexity index is 364. The van der Waals surface area contributed by atoms with Crippen LogP contribution >= 0.6 is 0 Å². The zero-order valence-electron chi connectivity index (χ0n) is 10.1. The van der Waals surface area contributed by atoms with E-state index < -0.39 is 0 Å². The Labute approximate surface area is 101 Å². The largest absolute Gasteiger partial charge is 0.393 e. The third kappa shape index (κ3) is 3.06. The van der Waals surface area contributed by atoms with E-state index in [-0.39, 0.29) is 17.9 Å². The van der Waals surface area contributed by atoms with Crippen LogP contribution in [-0.4, -0.2) is 44.7 Å². The molecule has 2 rings (SSSR count). The molecule has 2 heterocycles. The predicted molar refractivity (Wildman–Crippen MR) is 63.2 cm³/mol. The van der Waals surface area contributed by atoms with Gasteiger partial charge in [-0.05, 0) is 12.3 Å². The van der Waals surface area contributed by atoms with E-state index in [1.807, 2.05) is 22.6 Å². The van der Waals surface area contributed by atoms with Gasteiger partial charge in [-0.3, -0.25) is 4.79 Å². The first-order valence-electron chi connectivity index (χ1n) is 6.08. The van der Waals surface area contributed by atoms with Gasteiger partial charge in [0.1, 0.15) is 0 Å². The fraction of sp³-hybridized carbons (Fsp3) is 0.667. The summed E-state index contributed by atoms with van der Waals surface area (Å²) < 4.78 is 1.90. The highest BCUT2D eigenvalue weighted by atomic mass is 16.3. The number of hydrogen-bond donors (Lipinski definition) is 1. The van der Waals surface area contributed by atoms with Gasteiger partial charge in [0.2, 0.25) is 5.91 Å². The number of likely N-dealkylation sites (tertiary alicyclic amines) is 1. The van der Waals surface area contributed by atoms with Crippen molar-refractivity contribution in [1.29, 1.82) is 0 Å². The molecule has 5 nitrogen and oxygen atoms in total. The Morgan fingerprint density at radius 3 is 3.06 bits per heavy atom. The van der Waals surface area contributed by atoms with Crippen molar-refractivity contribution in [2.24, 2.45) is 5.92 Å². The molecule has 1 aromatic rings. The summed E-state index contributed by atoms with van der Waals surface area (Å²) in [6.45, 7) is 4.00. The van der Waals surface area contributed by atoms with Crippen LogP contribution in [0.5, 0.6) is 0 Å². The molecule has 2 unspecified atom stereocenters. The van der Waals surface area contributed by atoms with Crippen LogP contribution in [0.4, 0.5) is 0 Å². The second-order valence-electron chi connectivity index (χ2n) is 4.72. The zero-order chi connectivity index (χ0) is 12.3. The van der Waals surface area contributed by atoms with Crippen molar-refractivity contribution in [1.82, 2.24) is 14.5 Å². The monoisotopic (exact) mass is 237 g/mol. The van der Waals surface area contributed by atoms with Gasteiger partial charge in [0.25, 0.3) is 0 Å². The van der Waals surface area contributed by atoms with Gasteiger partial charge in [0.15, 0.2) is 0 Å². The maximum Gasteiger partial charge on any atom is 0.224 e. The number of piperidine rings is 1. The van der Waals surface area contributed by atoms with E-state index in [0.29, 0.717) is 32.5 Å². The highest BCUT2D eigenvalue weighted by molar-refractivity contribution is 5.76. The van der Waals surface area contributed by atoms with Crippen LogP contribution in [-0.2, 0) is 11.3 Å². The van der Waals surface area contributed by atoms with Crippen molar-refractivity contribution in [3.05, 3.63) is 18.7 Å². The number of rotatable bonds is 3. The second-order valence-corrected chi connectivity index (χ2v) is 4.72. The van der Waals surface area contributed by atoms with E-state index in [2.05, 4.69) is 4.98 Å². The number of imidazole rings is 1. The van der Waals surface area contributed by atoms with E-state index in [4.69, 9.17) is 0 Å². The highest BCUT2D eigenvalue weighted by Gasteiger charge is 2.26. The third-order valence-electron chi connectivity index (χ3n) is 3.36. The fourth-order valence-corrected chi connectivity index (χ4v) is 2.16. The number of aromatic nitrogens is 2. The van der Waals surface area contributed by atoms with Crippen LogP contribution in [0.25, 0.3) is 0 Å². The normalized spacial score (nSPS) is 24.9. The minimum atomic E-state index is -0.257. The summed E-state index contributed by atoms with van der Waals surface area (Å²) in [6, 6.07) is 0. The Hall–Kier alpha value is -1.36. The summed E-state index contributed by atoms with van der Waals surface area (Å²) in [5.74, 6) is 0.346. The van der Waals surface area contributed by atoms with Crippen LogP contribution in [0, 0.1) is 5.92 Å². The lowest BCUT2D eigenvalue weighted by Crippen LogP contribution is -2.45. The van der Waals surface area contributed by atoms with Gasteiger partial charge in [0, 0.05) is 38.4 Å². The van der Waals surface area contributed by atoms with E-state index in [1.165, 1.54) is 0 Å². The molecule has 0 bridgehead atoms. The van der Waals surface area contributed by atoms with Crippen molar-refractivity contribution < 1.29 is 9.90 Å². The highest BCUT2D eigenvalue weighted by Crippen LogP contribution is 2.17. The number of aliphatic hydroxyl groups excluding tert-OH is 1. The first-order valence-corrected chi connectivity index (χ1v) is 6.08. The zero-order valence-corrected chi connectivity index (χ0v) is 10.1. The van der Waals surface area contributed by atoms with Crippen molar-refractivity contribution >= 4 is 5.91 Å². The Morgan fingerprint density at radius 2 is 2.41 bits per heavy atom. The van der Waals surface area contributed by atoms with Crippen molar-refractivity contribution in [2.75, 3.05) is 13.1 Å². The number of aryl methyl sites for hydroxylation is 1. The average molecular weight is 237 g/mol. The molecule has 1 fully saturated rings. The minimum Gasteiger partial charge on any atom is -0.393 e. The molecular weight excluding hydrogens is 218 g/mol. The number of amides is 1. The van der Waals surface area contributed by atoms with Gasteiger partial charge in [0.05, 0.1) is 12.4 Å². The van der Waals surface area contributed by atoms with Gasteiger partial charge in [-0.2, -0.15) is 0 Å². The molecule has 0 aromatic carbocycles. The van der Waals surface area contributed by atoms with E-state index >= 15 is 0 Å². The van der Waals surface area contributed by atoms with Crippen LogP contribution in [0.15, 0.2) is 18.7 Å². The Balaban J connectivity index is 1.80. The third-order valence-corrected chi connectivity index (χ3v) is 3.36. The van der Waals surface area contributed by atoms with E-state index in [1.54, 1.807) is 12.5 Å². The van der Waals surface area contributed by atoms with Gasteiger partial charge in [-0.15, -0.1) is 0 Å². The Morgan fingerprint density at radius 1 is 1.59 bits per heavy atom. The smallest absolute Gasteiger partial charge is 0.224 e. The first kappa shape index (κ1) is 12.1. The molecule has 0 radical (unpaired) electrons. The topological polar surface area (TPSA) is 58.4 Å². The molecule has 94 valence electrons. The lowest BCUT2D eigenvalue weighted by Gasteiger charge is -2.34. The molecule has 0 saturated carbocycles. The second kappa shape index (κ2) is 5.31. The molecule has 0 aliphatic carbocycles. The molecule has 1 amide bonds. The minimum absolute atomic E-state index is 0.164. The van der Waals surface area contributed by atoms with Crippen molar-refractivity contribution in [2.45, 2.75) is 32.4 Å². The van der Waals surface area contributed by atoms with E-state index in [9.17, 15) is 9.90 Å². The molecule has 17 heavy (non-hydrogen) atoms. The lowest BCUT2D eigenvalue weighted by atomic mass is 9.96. The predicted octanol–water partition coefficient (Wildman–Crippen LogP) is 0.502. The summed E-state index contributed by atoms with van der Waals surface area (Å²) in [6.07, 6.45) is 6.22. The van der Waals surface area contributed by atoms with Gasteiger partial charge < -0.3 is 14.6 Å². The van der Waals surface area contributed by atoms with Gasteiger partial charge >= 0.3 is 0 Å². The van der Waals surface area contributed by atoms with Crippen molar-refractivity contribution in [3.63, 3.8) is 0 Å². The van der Waals surface area contributed by atoms with Crippen LogP contribution < -0.4 is 0 Å². The lowest BCUT2D eigenvalue weighted by molar-refractivity contribution is -0.134. The molecule has 1 aliphatic rings. The molecule has 0 spiro atoms. The Kier molecular flexibility index (Phi) is 3.78. The van der Waals surface area contributed by atoms with Crippen LogP contribution in [0.1, 0.15) is 19.8 Å². The van der Waals surface area contributed by atoms with Gasteiger partial charge in [-0.25, -0.2) is 4.98 Å². The van der Waals surface area contributed by atoms with Crippen LogP contribution in [0.3, 0.4) is 0 Å². The fourth-order valence-electron chi connectivity index (χ4n) is 2.16. The molecule has 1 aliphatic heterocycles. The number of carbonyl (C=O) groups excluding carboxylic acids is 1. The molecule has 5 heteroatoms. The standard InChI is InChI=1S/C12H19N3O2/c1-10-8-15(6-2-11(10)16)12(17)3-5-14-7-4-13-9-14/h4,7,9-11,16H,2-3,5-6,8H2,1H3. The van der Waals surface area contributed by atoms with Gasteiger partial charge in [-0.1, -0.05) is 6.92 Å². The molecule has 2 atom stereocenters. The summed E-state index contributed by atoms with van der Waals surface area (Å²) in [5, 5.41) is 9.61. The number of carbonyl (C=O) groups is 1. The summed E-state index contributed by atoms with van der Waals surface area (Å²) in [4.78, 5) is 17.8. The summed E-state index contributed by atoms with van der Waals surface area (Å²) in [7, 11) is 0. The summed E-state index contributed by atoms with van der Waals surface area (Å²) in [5.41, 5.74) is 0. The molecule has 1 aromatic heterocycles. The van der Waals surface area contributed by atoms with Crippen LogP contribution in [0.2, 0.25) is 0 Å². The number of aliphatic hydroxyl groups is 1. The summed E-state index contributed by atoms with van der Waals surface area (Å²) >= 11 is 0. The quantitative estimate of drug-likeness (QED) is 0.833. The first-order chi connectivity index (χ1) is 8.16. The number of nitrogens with zero attached hydrogens (tertiary/aromatic N) is 3.